The molecule has 1 saturated carbocycles. The summed E-state index contributed by atoms with van der Waals surface area (Å²) in [5.41, 5.74) is 7.04. The smallest absolute Gasteiger partial charge is 0.254 e. The second-order valence-corrected chi connectivity index (χ2v) is 7.80. The fraction of sp³-hybridized carbons (Fsp3) is 0.318. The van der Waals surface area contributed by atoms with Crippen LogP contribution < -0.4 is 5.73 Å². The molecular formula is C22H19F2N5O. The summed E-state index contributed by atoms with van der Waals surface area (Å²) in [6.45, 7) is 1.08. The number of nitrogens with zero attached hydrogens (tertiary/aromatic N) is 4. The average Bonchev–Trinajstić information content (AvgIpc) is 3.42. The summed E-state index contributed by atoms with van der Waals surface area (Å²) in [4.78, 5) is 18.2. The maximum Gasteiger partial charge on any atom is 0.254 e. The second kappa shape index (κ2) is 7.10. The third-order valence-corrected chi connectivity index (χ3v) is 5.49. The monoisotopic (exact) mass is 407 g/mol. The maximum atomic E-state index is 14.6. The van der Waals surface area contributed by atoms with E-state index in [1.165, 1.54) is 18.3 Å². The molecule has 0 bridgehead atoms. The van der Waals surface area contributed by atoms with E-state index in [4.69, 9.17) is 5.73 Å². The number of amides is 1. The van der Waals surface area contributed by atoms with Crippen LogP contribution in [-0.4, -0.2) is 38.7 Å². The lowest BCUT2D eigenvalue weighted by Gasteiger charge is -2.38. The Labute approximate surface area is 171 Å². The minimum absolute atomic E-state index is 0.131. The number of benzene rings is 1. The van der Waals surface area contributed by atoms with Crippen LogP contribution in [0.4, 0.5) is 14.6 Å². The number of carbonyl (C=O) groups excluding carboxylic acids is 1. The molecule has 8 heteroatoms. The number of anilines is 1. The normalized spacial score (nSPS) is 16.3. The fourth-order valence-corrected chi connectivity index (χ4v) is 3.73. The number of carbonyl (C=O) groups is 1. The Morgan fingerprint density at radius 3 is 2.77 bits per heavy atom. The zero-order valence-electron chi connectivity index (χ0n) is 16.1. The molecule has 0 atom stereocenters. The van der Waals surface area contributed by atoms with Crippen molar-refractivity contribution in [1.29, 1.82) is 0 Å². The van der Waals surface area contributed by atoms with Crippen LogP contribution in [0, 0.1) is 29.4 Å². The van der Waals surface area contributed by atoms with E-state index in [-0.39, 0.29) is 24.2 Å². The highest BCUT2D eigenvalue weighted by atomic mass is 19.1. The molecule has 0 unspecified atom stereocenters. The van der Waals surface area contributed by atoms with Gasteiger partial charge in [-0.15, -0.1) is 0 Å². The largest absolute Gasteiger partial charge is 0.384 e. The molecule has 152 valence electrons. The van der Waals surface area contributed by atoms with Gasteiger partial charge in [0, 0.05) is 48.8 Å². The number of hydrogen-bond acceptors (Lipinski definition) is 4. The standard InChI is InChI=1S/C22H19F2N5O/c23-16-9-17(24)20-18(10-16)29(7-1-2-13-3-4-13)27-21(20)15-11-28(12-15)22(30)14-5-6-26-19(25)8-14/h5-6,8-10,13,15H,3-4,7,11-12H2,(H2,25,26). The van der Waals surface area contributed by atoms with Crippen LogP contribution in [0.15, 0.2) is 30.5 Å². The minimum atomic E-state index is -0.649. The molecule has 30 heavy (non-hydrogen) atoms. The summed E-state index contributed by atoms with van der Waals surface area (Å²) in [5.74, 6) is 5.33. The molecule has 0 spiro atoms. The summed E-state index contributed by atoms with van der Waals surface area (Å²) >= 11 is 0. The van der Waals surface area contributed by atoms with Crippen LogP contribution in [0.5, 0.6) is 0 Å². The molecule has 1 aliphatic heterocycles. The van der Waals surface area contributed by atoms with Crippen molar-refractivity contribution in [2.45, 2.75) is 25.3 Å². The van der Waals surface area contributed by atoms with Gasteiger partial charge in [0.1, 0.15) is 24.0 Å². The number of halogens is 2. The van der Waals surface area contributed by atoms with Crippen molar-refractivity contribution in [1.82, 2.24) is 19.7 Å². The first kappa shape index (κ1) is 18.6. The number of hydrogen-bond donors (Lipinski definition) is 1. The highest BCUT2D eigenvalue weighted by Gasteiger charge is 2.36. The highest BCUT2D eigenvalue weighted by molar-refractivity contribution is 5.95. The molecule has 2 aromatic heterocycles. The molecule has 2 fully saturated rings. The number of nitrogen functional groups attached to an aromatic ring is 1. The quantitative estimate of drug-likeness (QED) is 0.678. The summed E-state index contributed by atoms with van der Waals surface area (Å²) in [7, 11) is 0. The van der Waals surface area contributed by atoms with E-state index in [9.17, 15) is 13.6 Å². The molecule has 2 aliphatic rings. The van der Waals surface area contributed by atoms with Crippen molar-refractivity contribution in [2.75, 3.05) is 18.8 Å². The number of nitrogens with two attached hydrogens (primary N) is 1. The van der Waals surface area contributed by atoms with Gasteiger partial charge in [-0.3, -0.25) is 9.48 Å². The first-order valence-corrected chi connectivity index (χ1v) is 9.84. The van der Waals surface area contributed by atoms with E-state index < -0.39 is 11.6 Å². The molecule has 1 aromatic carbocycles. The van der Waals surface area contributed by atoms with Crippen molar-refractivity contribution >= 4 is 22.6 Å². The van der Waals surface area contributed by atoms with Crippen molar-refractivity contribution in [3.63, 3.8) is 0 Å². The van der Waals surface area contributed by atoms with Crippen molar-refractivity contribution < 1.29 is 13.6 Å². The summed E-state index contributed by atoms with van der Waals surface area (Å²) in [6, 6.07) is 5.29. The van der Waals surface area contributed by atoms with Gasteiger partial charge in [0.25, 0.3) is 5.91 Å². The van der Waals surface area contributed by atoms with E-state index in [1.54, 1.807) is 15.6 Å². The molecule has 0 radical (unpaired) electrons. The minimum Gasteiger partial charge on any atom is -0.384 e. The van der Waals surface area contributed by atoms with Crippen LogP contribution in [0.25, 0.3) is 10.9 Å². The Balaban J connectivity index is 1.41. The predicted molar refractivity (Wildman–Crippen MR) is 107 cm³/mol. The van der Waals surface area contributed by atoms with Gasteiger partial charge in [0.15, 0.2) is 0 Å². The van der Waals surface area contributed by atoms with Crippen LogP contribution in [0.2, 0.25) is 0 Å². The topological polar surface area (TPSA) is 77.0 Å². The molecule has 5 rings (SSSR count). The summed E-state index contributed by atoms with van der Waals surface area (Å²) < 4.78 is 30.0. The lowest BCUT2D eigenvalue weighted by Crippen LogP contribution is -2.48. The Bertz CT molecular complexity index is 1220. The Kier molecular flexibility index (Phi) is 4.39. The second-order valence-electron chi connectivity index (χ2n) is 7.80. The van der Waals surface area contributed by atoms with Crippen LogP contribution in [0.3, 0.4) is 0 Å². The first-order valence-electron chi connectivity index (χ1n) is 9.84. The van der Waals surface area contributed by atoms with Gasteiger partial charge in [0.2, 0.25) is 0 Å². The summed E-state index contributed by atoms with van der Waals surface area (Å²) in [6.07, 6.45) is 3.70. The van der Waals surface area contributed by atoms with Gasteiger partial charge < -0.3 is 10.6 Å². The lowest BCUT2D eigenvalue weighted by atomic mass is 9.93. The van der Waals surface area contributed by atoms with Gasteiger partial charge >= 0.3 is 0 Å². The molecule has 2 N–H and O–H groups in total. The zero-order chi connectivity index (χ0) is 20.8. The van der Waals surface area contributed by atoms with Gasteiger partial charge in [-0.25, -0.2) is 13.8 Å². The van der Waals surface area contributed by atoms with E-state index in [0.717, 1.165) is 18.9 Å². The van der Waals surface area contributed by atoms with Gasteiger partial charge in [-0.1, -0.05) is 11.8 Å². The molecular weight excluding hydrogens is 388 g/mol. The molecule has 3 heterocycles. The number of fused-ring (bicyclic) bond motifs is 1. The molecule has 6 nitrogen and oxygen atoms in total. The number of likely N-dealkylation sites (tertiary alicyclic amines) is 1. The lowest BCUT2D eigenvalue weighted by molar-refractivity contribution is 0.0599. The Morgan fingerprint density at radius 1 is 1.23 bits per heavy atom. The number of pyridine rings is 1. The zero-order valence-corrected chi connectivity index (χ0v) is 16.1. The van der Waals surface area contributed by atoms with Crippen molar-refractivity contribution in [2.24, 2.45) is 5.92 Å². The fourth-order valence-electron chi connectivity index (χ4n) is 3.73. The van der Waals surface area contributed by atoms with E-state index in [2.05, 4.69) is 21.9 Å². The van der Waals surface area contributed by atoms with Gasteiger partial charge in [-0.05, 0) is 25.0 Å². The maximum absolute atomic E-state index is 14.6. The van der Waals surface area contributed by atoms with Crippen LogP contribution in [0.1, 0.15) is 34.8 Å². The van der Waals surface area contributed by atoms with Gasteiger partial charge in [-0.2, -0.15) is 5.10 Å². The summed E-state index contributed by atoms with van der Waals surface area (Å²) in [5, 5.41) is 4.85. The van der Waals surface area contributed by atoms with E-state index in [1.807, 2.05) is 0 Å². The SMILES string of the molecule is Nc1cc(C(=O)N2CC(c3nn(CC#CC4CC4)c4cc(F)cc(F)c34)C2)ccn1. The Hall–Kier alpha value is -3.47. The molecule has 1 amide bonds. The molecule has 1 aliphatic carbocycles. The van der Waals surface area contributed by atoms with Gasteiger partial charge in [0.05, 0.1) is 16.6 Å². The average molecular weight is 407 g/mol. The third kappa shape index (κ3) is 3.36. The van der Waals surface area contributed by atoms with Crippen molar-refractivity contribution in [3.05, 3.63) is 53.4 Å². The highest BCUT2D eigenvalue weighted by Crippen LogP contribution is 2.34. The molecule has 1 saturated heterocycles. The third-order valence-electron chi connectivity index (χ3n) is 5.49. The van der Waals surface area contributed by atoms with Crippen molar-refractivity contribution in [3.8, 4) is 11.8 Å². The predicted octanol–water partition coefficient (Wildman–Crippen LogP) is 2.94. The Morgan fingerprint density at radius 2 is 2.03 bits per heavy atom. The number of rotatable bonds is 3. The molecule has 3 aromatic rings. The number of aromatic nitrogens is 3. The van der Waals surface area contributed by atoms with Crippen LogP contribution in [-0.2, 0) is 6.54 Å². The van der Waals surface area contributed by atoms with Crippen LogP contribution >= 0.6 is 0 Å². The first-order chi connectivity index (χ1) is 14.5. The van der Waals surface area contributed by atoms with E-state index >= 15 is 0 Å². The van der Waals surface area contributed by atoms with E-state index in [0.29, 0.717) is 41.2 Å².